The topological polar surface area (TPSA) is 86.0 Å². The first-order valence-electron chi connectivity index (χ1n) is 10.7. The first-order chi connectivity index (χ1) is 16.8. The van der Waals surface area contributed by atoms with Crippen LogP contribution in [0.2, 0.25) is 0 Å². The fourth-order valence-corrected chi connectivity index (χ4v) is 5.44. The summed E-state index contributed by atoms with van der Waals surface area (Å²) < 4.78 is 103. The van der Waals surface area contributed by atoms with Gasteiger partial charge in [0.2, 0.25) is 0 Å². The Morgan fingerprint density at radius 3 is 2.31 bits per heavy atom. The smallest absolute Gasteiger partial charge is 0.422 e. The number of hydrogen-bond acceptors (Lipinski definition) is 6. The molecule has 14 heteroatoms. The van der Waals surface area contributed by atoms with Crippen LogP contribution in [0.15, 0.2) is 42.9 Å². The van der Waals surface area contributed by atoms with E-state index >= 15 is 8.78 Å². The van der Waals surface area contributed by atoms with E-state index in [-0.39, 0.29) is 25.0 Å². The lowest BCUT2D eigenvalue weighted by Crippen LogP contribution is -2.76. The summed E-state index contributed by atoms with van der Waals surface area (Å²) in [6.45, 7) is -2.39. The molecule has 3 fully saturated rings. The second kappa shape index (κ2) is 7.85. The first-order valence-corrected chi connectivity index (χ1v) is 10.7. The van der Waals surface area contributed by atoms with Crippen LogP contribution in [0.3, 0.4) is 0 Å². The van der Waals surface area contributed by atoms with Crippen LogP contribution in [0.4, 0.5) is 30.7 Å². The number of halogens is 7. The molecule has 3 saturated carbocycles. The molecule has 2 aromatic heterocycles. The lowest BCUT2D eigenvalue weighted by Gasteiger charge is -2.73. The molecule has 0 saturated heterocycles. The van der Waals surface area contributed by atoms with E-state index in [9.17, 15) is 27.1 Å². The predicted molar refractivity (Wildman–Crippen MR) is 107 cm³/mol. The third-order valence-corrected chi connectivity index (χ3v) is 7.06. The molecule has 0 aliphatic heterocycles. The molecule has 3 aliphatic carbocycles. The van der Waals surface area contributed by atoms with Gasteiger partial charge in [-0.15, -0.1) is 5.10 Å². The van der Waals surface area contributed by atoms with Gasteiger partial charge in [-0.05, 0) is 54.0 Å². The second-order valence-electron chi connectivity index (χ2n) is 9.44. The largest absolute Gasteiger partial charge is 0.483 e. The number of alkyl halides is 5. The van der Waals surface area contributed by atoms with E-state index in [1.54, 1.807) is 0 Å². The van der Waals surface area contributed by atoms with Crippen molar-refractivity contribution < 1.29 is 40.6 Å². The zero-order valence-electron chi connectivity index (χ0n) is 18.3. The maximum absolute atomic E-state index is 16.1. The van der Waals surface area contributed by atoms with Crippen LogP contribution >= 0.6 is 0 Å². The van der Waals surface area contributed by atoms with E-state index in [1.807, 2.05) is 0 Å². The van der Waals surface area contributed by atoms with Gasteiger partial charge in [0, 0.05) is 28.2 Å². The molecule has 0 radical (unpaired) electrons. The van der Waals surface area contributed by atoms with Crippen molar-refractivity contribution in [1.82, 2.24) is 25.2 Å². The highest BCUT2D eigenvalue weighted by Crippen LogP contribution is 2.80. The van der Waals surface area contributed by atoms with Crippen molar-refractivity contribution in [2.75, 3.05) is 6.61 Å². The van der Waals surface area contributed by atoms with Crippen molar-refractivity contribution in [1.29, 1.82) is 0 Å². The molecular weight excluding hydrogens is 499 g/mol. The molecule has 1 N–H and O–H groups in total. The number of hydrogen-bond donors (Lipinski definition) is 1. The first kappa shape index (κ1) is 24.4. The van der Waals surface area contributed by atoms with Crippen LogP contribution in [0.5, 0.6) is 5.75 Å². The fourth-order valence-electron chi connectivity index (χ4n) is 5.44. The van der Waals surface area contributed by atoms with Gasteiger partial charge in [0.25, 0.3) is 5.92 Å². The maximum Gasteiger partial charge on any atom is 0.422 e. The van der Waals surface area contributed by atoms with Gasteiger partial charge in [-0.1, -0.05) is 0 Å². The third kappa shape index (κ3) is 3.69. The van der Waals surface area contributed by atoms with Crippen LogP contribution < -0.4 is 4.74 Å². The minimum atomic E-state index is -4.52. The Morgan fingerprint density at radius 2 is 1.75 bits per heavy atom. The van der Waals surface area contributed by atoms with Crippen molar-refractivity contribution in [2.45, 2.75) is 48.9 Å². The van der Waals surface area contributed by atoms with Gasteiger partial charge >= 0.3 is 6.18 Å². The number of pyridine rings is 1. The third-order valence-electron chi connectivity index (χ3n) is 7.06. The minimum Gasteiger partial charge on any atom is -0.483 e. The number of ether oxygens (including phenoxy) is 1. The average molecular weight is 517 g/mol. The lowest BCUT2D eigenvalue weighted by atomic mass is 9.31. The Kier molecular flexibility index (Phi) is 5.32. The van der Waals surface area contributed by atoms with Gasteiger partial charge in [-0.2, -0.15) is 13.2 Å². The number of tetrazole rings is 1. The van der Waals surface area contributed by atoms with E-state index in [0.29, 0.717) is 11.8 Å². The quantitative estimate of drug-likeness (QED) is 0.456. The number of aliphatic hydroxyl groups is 1. The molecule has 0 amide bonds. The van der Waals surface area contributed by atoms with Crippen molar-refractivity contribution in [3.8, 4) is 5.75 Å². The molecule has 6 rings (SSSR count). The van der Waals surface area contributed by atoms with Crippen molar-refractivity contribution >= 4 is 0 Å². The van der Waals surface area contributed by atoms with Crippen LogP contribution in [0.1, 0.15) is 30.5 Å². The van der Waals surface area contributed by atoms with E-state index in [1.165, 1.54) is 12.1 Å². The second-order valence-corrected chi connectivity index (χ2v) is 9.44. The summed E-state index contributed by atoms with van der Waals surface area (Å²) in [4.78, 5) is 4.10. The van der Waals surface area contributed by atoms with E-state index in [2.05, 4.69) is 25.2 Å². The van der Waals surface area contributed by atoms with Gasteiger partial charge < -0.3 is 9.84 Å². The molecule has 36 heavy (non-hydrogen) atoms. The molecular formula is C22H18F7N5O2. The molecule has 1 atom stereocenters. The zero-order valence-corrected chi connectivity index (χ0v) is 18.3. The van der Waals surface area contributed by atoms with Crippen LogP contribution in [0.25, 0.3) is 0 Å². The Bertz CT molecular complexity index is 1250. The van der Waals surface area contributed by atoms with Crippen molar-refractivity contribution in [3.63, 3.8) is 0 Å². The summed E-state index contributed by atoms with van der Waals surface area (Å²) >= 11 is 0. The van der Waals surface area contributed by atoms with Crippen molar-refractivity contribution in [3.05, 3.63) is 65.7 Å². The van der Waals surface area contributed by atoms with Crippen molar-refractivity contribution in [2.24, 2.45) is 5.41 Å². The monoisotopic (exact) mass is 517 g/mol. The Hall–Kier alpha value is -3.29. The molecule has 7 nitrogen and oxygen atoms in total. The van der Waals surface area contributed by atoms with Crippen LogP contribution in [-0.4, -0.2) is 49.0 Å². The zero-order chi connectivity index (χ0) is 26.0. The highest BCUT2D eigenvalue weighted by molar-refractivity contribution is 5.41. The minimum absolute atomic E-state index is 0.108. The highest BCUT2D eigenvalue weighted by atomic mass is 19.4. The number of rotatable bonds is 8. The van der Waals surface area contributed by atoms with E-state index in [4.69, 9.17) is 0 Å². The van der Waals surface area contributed by atoms with E-state index < -0.39 is 58.9 Å². The van der Waals surface area contributed by atoms with Crippen LogP contribution in [-0.2, 0) is 17.6 Å². The fraction of sp³-hybridized carbons (Fsp3) is 0.455. The Labute approximate surface area is 198 Å². The summed E-state index contributed by atoms with van der Waals surface area (Å²) in [7, 11) is 0. The predicted octanol–water partition coefficient (Wildman–Crippen LogP) is 3.93. The summed E-state index contributed by atoms with van der Waals surface area (Å²) in [5.74, 6) is -6.36. The molecule has 1 unspecified atom stereocenters. The number of nitrogens with zero attached hydrogens (tertiary/aromatic N) is 5. The molecule has 3 aliphatic rings. The molecule has 2 bridgehead atoms. The van der Waals surface area contributed by atoms with Gasteiger partial charge in [0.05, 0.1) is 12.7 Å². The molecule has 192 valence electrons. The van der Waals surface area contributed by atoms with Gasteiger partial charge in [-0.25, -0.2) is 22.2 Å². The van der Waals surface area contributed by atoms with Gasteiger partial charge in [0.1, 0.15) is 23.7 Å². The Morgan fingerprint density at radius 1 is 1.03 bits per heavy atom. The average Bonchev–Trinajstić information content (AvgIpc) is 3.23. The summed E-state index contributed by atoms with van der Waals surface area (Å²) in [5.41, 5.74) is -5.99. The molecule has 3 aromatic rings. The van der Waals surface area contributed by atoms with Crippen LogP contribution in [0, 0.1) is 17.0 Å². The molecule has 2 heterocycles. The summed E-state index contributed by atoms with van der Waals surface area (Å²) in [6.07, 6.45) is -2.77. The van der Waals surface area contributed by atoms with Gasteiger partial charge in [-0.3, -0.25) is 4.98 Å². The normalized spacial score (nSPS) is 25.0. The Balaban J connectivity index is 1.39. The standard InChI is InChI=1S/C22H18F7N5O2/c23-13-1-3-15(16(24)5-13)20(35,10-34-12-31-32-33-34)22(28,29)19-7-18(8-19,9-19)17-4-2-14(6-30-17)36-11-21(25,26)27/h1-6,12,35H,7-11H2. The maximum atomic E-state index is 16.1. The number of aromatic nitrogens is 5. The van der Waals surface area contributed by atoms with Gasteiger partial charge in [0.15, 0.2) is 12.2 Å². The lowest BCUT2D eigenvalue weighted by molar-refractivity contribution is -0.348. The van der Waals surface area contributed by atoms with E-state index in [0.717, 1.165) is 29.3 Å². The number of benzene rings is 1. The summed E-state index contributed by atoms with van der Waals surface area (Å²) in [5, 5.41) is 21.5. The molecule has 1 aromatic carbocycles. The highest BCUT2D eigenvalue weighted by Gasteiger charge is 2.82. The SMILES string of the molecule is OC(Cn1cnnn1)(c1ccc(F)cc1F)C(F)(F)C12CC(c3ccc(OCC(F)(F)F)cn3)(C1)C2. The molecule has 0 spiro atoms. The summed E-state index contributed by atoms with van der Waals surface area (Å²) in [6, 6.07) is 4.65.